The number of esters is 1. The molecule has 1 aromatic rings. The largest absolute Gasteiger partial charge is 0.467 e. The molecule has 0 unspecified atom stereocenters. The number of hydrogen-bond donors (Lipinski definition) is 1. The molecule has 2 fully saturated rings. The molecule has 2 heterocycles. The number of nitrogens with zero attached hydrogens (tertiary/aromatic N) is 2. The van der Waals surface area contributed by atoms with E-state index in [-0.39, 0.29) is 36.7 Å². The van der Waals surface area contributed by atoms with E-state index in [2.05, 4.69) is 10.2 Å². The second-order valence-corrected chi connectivity index (χ2v) is 8.01. The number of carbonyl (C=O) groups excluding carboxylic acids is 3. The van der Waals surface area contributed by atoms with Crippen molar-refractivity contribution in [2.24, 2.45) is 5.92 Å². The third-order valence-corrected chi connectivity index (χ3v) is 6.04. The van der Waals surface area contributed by atoms with Crippen molar-refractivity contribution < 1.29 is 23.5 Å². The Kier molecular flexibility index (Phi) is 8.30. The van der Waals surface area contributed by atoms with Gasteiger partial charge in [0.25, 0.3) is 0 Å². The van der Waals surface area contributed by atoms with Gasteiger partial charge in [-0.25, -0.2) is 0 Å². The van der Waals surface area contributed by atoms with Gasteiger partial charge in [-0.05, 0) is 37.8 Å². The van der Waals surface area contributed by atoms with Crippen molar-refractivity contribution in [1.29, 1.82) is 0 Å². The van der Waals surface area contributed by atoms with E-state index in [1.165, 1.54) is 12.8 Å². The summed E-state index contributed by atoms with van der Waals surface area (Å²) >= 11 is 0. The lowest BCUT2D eigenvalue weighted by molar-refractivity contribution is -0.146. The van der Waals surface area contributed by atoms with Crippen LogP contribution in [0.15, 0.2) is 22.8 Å². The van der Waals surface area contributed by atoms with Gasteiger partial charge in [-0.2, -0.15) is 0 Å². The third kappa shape index (κ3) is 6.08. The summed E-state index contributed by atoms with van der Waals surface area (Å²) in [5.41, 5.74) is 0. The summed E-state index contributed by atoms with van der Waals surface area (Å²) in [6, 6.07) is 3.50. The topological polar surface area (TPSA) is 92.1 Å². The van der Waals surface area contributed by atoms with Crippen LogP contribution in [-0.2, 0) is 25.7 Å². The van der Waals surface area contributed by atoms with Crippen molar-refractivity contribution in [3.63, 3.8) is 0 Å². The Bertz CT molecular complexity index is 692. The maximum Gasteiger partial charge on any atom is 0.306 e. The molecule has 166 valence electrons. The standard InChI is InChI=1S/C22H33N3O5/c1-2-29-20(27)10-9-19(26)24-11-13-25(14-12-24)21(17-6-3-4-7-17)22(28)23-16-18-8-5-15-30-18/h5,8,15,17,21H,2-4,6-7,9-14,16H2,1H3,(H,23,28)/t21-/m1/s1. The zero-order valence-electron chi connectivity index (χ0n) is 17.8. The Hall–Kier alpha value is -2.35. The first-order chi connectivity index (χ1) is 14.6. The number of ether oxygens (including phenoxy) is 1. The minimum atomic E-state index is -0.334. The van der Waals surface area contributed by atoms with Gasteiger partial charge in [-0.3, -0.25) is 19.3 Å². The molecular weight excluding hydrogens is 386 g/mol. The monoisotopic (exact) mass is 419 g/mol. The average Bonchev–Trinajstić information content (AvgIpc) is 3.46. The molecule has 0 aromatic carbocycles. The highest BCUT2D eigenvalue weighted by atomic mass is 16.5. The lowest BCUT2D eigenvalue weighted by atomic mass is 9.95. The average molecular weight is 420 g/mol. The van der Waals surface area contributed by atoms with E-state index < -0.39 is 0 Å². The molecular formula is C22H33N3O5. The van der Waals surface area contributed by atoms with Crippen molar-refractivity contribution in [1.82, 2.24) is 15.1 Å². The SMILES string of the molecule is CCOC(=O)CCC(=O)N1CCN([C@@H](C(=O)NCc2ccco2)C2CCCC2)CC1. The first-order valence-corrected chi connectivity index (χ1v) is 11.1. The molecule has 1 saturated carbocycles. The highest BCUT2D eigenvalue weighted by Gasteiger charge is 2.37. The van der Waals surface area contributed by atoms with Crippen molar-refractivity contribution in [2.75, 3.05) is 32.8 Å². The molecule has 8 heteroatoms. The van der Waals surface area contributed by atoms with Crippen LogP contribution in [-0.4, -0.2) is 66.4 Å². The second kappa shape index (κ2) is 11.2. The van der Waals surface area contributed by atoms with Crippen molar-refractivity contribution in [3.05, 3.63) is 24.2 Å². The van der Waals surface area contributed by atoms with Gasteiger partial charge in [0.05, 0.1) is 31.9 Å². The molecule has 1 N–H and O–H groups in total. The third-order valence-electron chi connectivity index (χ3n) is 6.04. The van der Waals surface area contributed by atoms with E-state index in [1.807, 2.05) is 12.1 Å². The summed E-state index contributed by atoms with van der Waals surface area (Å²) in [6.07, 6.45) is 6.36. The van der Waals surface area contributed by atoms with E-state index in [1.54, 1.807) is 18.1 Å². The van der Waals surface area contributed by atoms with Crippen LogP contribution < -0.4 is 5.32 Å². The smallest absolute Gasteiger partial charge is 0.306 e. The van der Waals surface area contributed by atoms with Crippen LogP contribution in [0, 0.1) is 5.92 Å². The quantitative estimate of drug-likeness (QED) is 0.615. The Morgan fingerprint density at radius 1 is 1.17 bits per heavy atom. The minimum absolute atomic E-state index is 0.0256. The number of hydrogen-bond acceptors (Lipinski definition) is 6. The Labute approximate surface area is 177 Å². The van der Waals surface area contributed by atoms with E-state index in [0.717, 1.165) is 18.6 Å². The van der Waals surface area contributed by atoms with E-state index in [4.69, 9.17) is 9.15 Å². The summed E-state index contributed by atoms with van der Waals surface area (Å²) in [5, 5.41) is 3.03. The predicted molar refractivity (Wildman–Crippen MR) is 110 cm³/mol. The Morgan fingerprint density at radius 2 is 1.90 bits per heavy atom. The van der Waals surface area contributed by atoms with Gasteiger partial charge in [0.2, 0.25) is 11.8 Å². The van der Waals surface area contributed by atoms with E-state index in [9.17, 15) is 14.4 Å². The molecule has 1 saturated heterocycles. The maximum atomic E-state index is 13.1. The van der Waals surface area contributed by atoms with Gasteiger partial charge in [-0.15, -0.1) is 0 Å². The molecule has 1 atom stereocenters. The van der Waals surface area contributed by atoms with Crippen LogP contribution in [0.3, 0.4) is 0 Å². The van der Waals surface area contributed by atoms with Gasteiger partial charge in [0.1, 0.15) is 5.76 Å². The van der Waals surface area contributed by atoms with Gasteiger partial charge >= 0.3 is 5.97 Å². The molecule has 8 nitrogen and oxygen atoms in total. The number of piperazine rings is 1. The van der Waals surface area contributed by atoms with Crippen molar-refractivity contribution >= 4 is 17.8 Å². The van der Waals surface area contributed by atoms with Crippen LogP contribution in [0.4, 0.5) is 0 Å². The van der Waals surface area contributed by atoms with Crippen LogP contribution in [0.2, 0.25) is 0 Å². The molecule has 30 heavy (non-hydrogen) atoms. The maximum absolute atomic E-state index is 13.1. The highest BCUT2D eigenvalue weighted by Crippen LogP contribution is 2.31. The number of furan rings is 1. The molecule has 0 spiro atoms. The fraction of sp³-hybridized carbons (Fsp3) is 0.682. The number of nitrogens with one attached hydrogen (secondary N) is 1. The summed E-state index contributed by atoms with van der Waals surface area (Å²) in [6.45, 7) is 4.97. The van der Waals surface area contributed by atoms with Crippen LogP contribution in [0.5, 0.6) is 0 Å². The van der Waals surface area contributed by atoms with Crippen molar-refractivity contribution in [2.45, 2.75) is 58.0 Å². The van der Waals surface area contributed by atoms with Gasteiger partial charge < -0.3 is 19.4 Å². The fourth-order valence-corrected chi connectivity index (χ4v) is 4.49. The van der Waals surface area contributed by atoms with Crippen molar-refractivity contribution in [3.8, 4) is 0 Å². The Balaban J connectivity index is 1.52. The molecule has 2 amide bonds. The van der Waals surface area contributed by atoms with Crippen LogP contribution in [0.25, 0.3) is 0 Å². The summed E-state index contributed by atoms with van der Waals surface area (Å²) in [5.74, 6) is 0.778. The zero-order valence-corrected chi connectivity index (χ0v) is 17.8. The predicted octanol–water partition coefficient (Wildman–Crippen LogP) is 1.94. The second-order valence-electron chi connectivity index (χ2n) is 8.01. The zero-order chi connectivity index (χ0) is 21.3. The molecule has 1 aliphatic heterocycles. The lowest BCUT2D eigenvalue weighted by Gasteiger charge is -2.40. The highest BCUT2D eigenvalue weighted by molar-refractivity contribution is 5.83. The number of carbonyl (C=O) groups is 3. The summed E-state index contributed by atoms with van der Waals surface area (Å²) < 4.78 is 10.2. The van der Waals surface area contributed by atoms with E-state index >= 15 is 0 Å². The van der Waals surface area contributed by atoms with Gasteiger partial charge in [0, 0.05) is 32.6 Å². The van der Waals surface area contributed by atoms with Gasteiger partial charge in [-0.1, -0.05) is 12.8 Å². The van der Waals surface area contributed by atoms with Gasteiger partial charge in [0.15, 0.2) is 0 Å². The normalized spacial score (nSPS) is 18.9. The molecule has 2 aliphatic rings. The van der Waals surface area contributed by atoms with E-state index in [0.29, 0.717) is 45.2 Å². The van der Waals surface area contributed by atoms with Crippen LogP contribution in [0.1, 0.15) is 51.2 Å². The lowest BCUT2D eigenvalue weighted by Crippen LogP contribution is -2.57. The molecule has 3 rings (SSSR count). The molecule has 1 aromatic heterocycles. The number of amides is 2. The fourth-order valence-electron chi connectivity index (χ4n) is 4.49. The number of rotatable bonds is 9. The first-order valence-electron chi connectivity index (χ1n) is 11.1. The first kappa shape index (κ1) is 22.3. The summed E-state index contributed by atoms with van der Waals surface area (Å²) in [7, 11) is 0. The molecule has 0 radical (unpaired) electrons. The Morgan fingerprint density at radius 3 is 2.53 bits per heavy atom. The minimum Gasteiger partial charge on any atom is -0.467 e. The summed E-state index contributed by atoms with van der Waals surface area (Å²) in [4.78, 5) is 41.0. The molecule has 0 bridgehead atoms. The molecule has 1 aliphatic carbocycles. The van der Waals surface area contributed by atoms with Crippen LogP contribution >= 0.6 is 0 Å².